The minimum atomic E-state index is -0.956. The van der Waals surface area contributed by atoms with Crippen LogP contribution in [0.2, 0.25) is 0 Å². The number of aryl methyl sites for hydroxylation is 1. The summed E-state index contributed by atoms with van der Waals surface area (Å²) in [6.45, 7) is 3.88. The summed E-state index contributed by atoms with van der Waals surface area (Å²) in [6.07, 6.45) is 3.49. The van der Waals surface area contributed by atoms with Gasteiger partial charge in [0.2, 0.25) is 5.91 Å². The number of nitrogens with one attached hydrogen (secondary N) is 2. The number of aliphatic carboxylic acids is 1. The van der Waals surface area contributed by atoms with Gasteiger partial charge in [-0.25, -0.2) is 0 Å². The zero-order chi connectivity index (χ0) is 22.1. The molecule has 0 saturated heterocycles. The lowest BCUT2D eigenvalue weighted by Crippen LogP contribution is -2.36. The lowest BCUT2D eigenvalue weighted by atomic mass is 9.76. The standard InChI is InChI=1S/C24H26N2O4S/c1-13-11-17(18(24(29)30)12-14(13)2)21(27)26-23-20(16-9-6-10-19(16)31-23)22(28)25-15-7-4-3-5-8-15/h3-5,7-8,17-18H,6,9-12H2,1-2H3,(H,25,28)(H,26,27)(H,29,30)/t17-,18-/m1/s1. The summed E-state index contributed by atoms with van der Waals surface area (Å²) in [5.41, 5.74) is 4.31. The Morgan fingerprint density at radius 1 is 0.968 bits per heavy atom. The Morgan fingerprint density at radius 3 is 2.32 bits per heavy atom. The number of allylic oxidation sites excluding steroid dienone is 2. The van der Waals surface area contributed by atoms with Crippen molar-refractivity contribution in [1.82, 2.24) is 0 Å². The number of fused-ring (bicyclic) bond motifs is 1. The monoisotopic (exact) mass is 438 g/mol. The van der Waals surface area contributed by atoms with Crippen molar-refractivity contribution in [2.24, 2.45) is 11.8 Å². The maximum absolute atomic E-state index is 13.2. The van der Waals surface area contributed by atoms with Crippen molar-refractivity contribution in [1.29, 1.82) is 0 Å². The summed E-state index contributed by atoms with van der Waals surface area (Å²) in [5, 5.41) is 16.0. The highest BCUT2D eigenvalue weighted by Gasteiger charge is 2.38. The minimum Gasteiger partial charge on any atom is -0.481 e. The van der Waals surface area contributed by atoms with Gasteiger partial charge in [0, 0.05) is 10.6 Å². The van der Waals surface area contributed by atoms with Crippen LogP contribution in [-0.4, -0.2) is 22.9 Å². The van der Waals surface area contributed by atoms with Gasteiger partial charge in [-0.3, -0.25) is 14.4 Å². The van der Waals surface area contributed by atoms with Crippen molar-refractivity contribution in [3.63, 3.8) is 0 Å². The van der Waals surface area contributed by atoms with Crippen LogP contribution in [-0.2, 0) is 22.4 Å². The lowest BCUT2D eigenvalue weighted by Gasteiger charge is -2.29. The van der Waals surface area contributed by atoms with Gasteiger partial charge in [0.1, 0.15) is 5.00 Å². The van der Waals surface area contributed by atoms with E-state index in [-0.39, 0.29) is 11.8 Å². The van der Waals surface area contributed by atoms with Crippen molar-refractivity contribution < 1.29 is 19.5 Å². The van der Waals surface area contributed by atoms with Crippen LogP contribution in [0.25, 0.3) is 0 Å². The number of rotatable bonds is 5. The van der Waals surface area contributed by atoms with Gasteiger partial charge in [-0.15, -0.1) is 11.3 Å². The van der Waals surface area contributed by atoms with Gasteiger partial charge < -0.3 is 15.7 Å². The normalized spacial score (nSPS) is 20.3. The average Bonchev–Trinajstić information content (AvgIpc) is 3.30. The summed E-state index contributed by atoms with van der Waals surface area (Å²) in [7, 11) is 0. The molecular weight excluding hydrogens is 412 g/mol. The molecular formula is C24H26N2O4S. The Kier molecular flexibility index (Phi) is 5.96. The first-order chi connectivity index (χ1) is 14.8. The third kappa shape index (κ3) is 4.28. The summed E-state index contributed by atoms with van der Waals surface area (Å²) < 4.78 is 0. The molecule has 0 fully saturated rings. The number of carboxylic acid groups (broad SMARTS) is 1. The van der Waals surface area contributed by atoms with Gasteiger partial charge in [-0.1, -0.05) is 29.3 Å². The first-order valence-corrected chi connectivity index (χ1v) is 11.4. The summed E-state index contributed by atoms with van der Waals surface area (Å²) in [5.74, 6) is -2.93. The van der Waals surface area contributed by atoms with E-state index in [9.17, 15) is 19.5 Å². The topological polar surface area (TPSA) is 95.5 Å². The van der Waals surface area contributed by atoms with Crippen LogP contribution in [0.5, 0.6) is 0 Å². The molecule has 2 aromatic rings. The number of benzene rings is 1. The van der Waals surface area contributed by atoms with E-state index in [0.29, 0.717) is 29.1 Å². The molecule has 0 bridgehead atoms. The molecule has 31 heavy (non-hydrogen) atoms. The number of carbonyl (C=O) groups is 3. The molecule has 7 heteroatoms. The van der Waals surface area contributed by atoms with E-state index in [1.54, 1.807) is 0 Å². The van der Waals surface area contributed by atoms with Gasteiger partial charge in [-0.05, 0) is 63.6 Å². The van der Waals surface area contributed by atoms with Crippen LogP contribution >= 0.6 is 11.3 Å². The SMILES string of the molecule is CC1=C(C)C[C@@H](C(=O)Nc2sc3c(c2C(=O)Nc2ccccc2)CCC3)[C@H](C(=O)O)C1. The van der Waals surface area contributed by atoms with E-state index >= 15 is 0 Å². The number of thiophene rings is 1. The number of carboxylic acids is 1. The van der Waals surface area contributed by atoms with E-state index in [2.05, 4.69) is 10.6 Å². The molecule has 4 rings (SSSR count). The molecule has 1 aromatic heterocycles. The number of anilines is 2. The molecule has 2 aliphatic rings. The number of amides is 2. The largest absolute Gasteiger partial charge is 0.481 e. The molecule has 2 amide bonds. The number of hydrogen-bond acceptors (Lipinski definition) is 4. The Balaban J connectivity index is 1.61. The van der Waals surface area contributed by atoms with Crippen LogP contribution in [0.4, 0.5) is 10.7 Å². The second kappa shape index (κ2) is 8.67. The predicted octanol–water partition coefficient (Wildman–Crippen LogP) is 4.87. The van der Waals surface area contributed by atoms with Gasteiger partial charge in [0.05, 0.1) is 17.4 Å². The second-order valence-electron chi connectivity index (χ2n) is 8.39. The quantitative estimate of drug-likeness (QED) is 0.580. The van der Waals surface area contributed by atoms with E-state index < -0.39 is 17.8 Å². The molecule has 0 saturated carbocycles. The van der Waals surface area contributed by atoms with E-state index in [1.807, 2.05) is 44.2 Å². The molecule has 0 radical (unpaired) electrons. The van der Waals surface area contributed by atoms with Gasteiger partial charge >= 0.3 is 5.97 Å². The fourth-order valence-electron chi connectivity index (χ4n) is 4.48. The van der Waals surface area contributed by atoms with Crippen LogP contribution in [0.3, 0.4) is 0 Å². The number of carbonyl (C=O) groups excluding carboxylic acids is 2. The van der Waals surface area contributed by atoms with Gasteiger partial charge in [0.15, 0.2) is 0 Å². The zero-order valence-corrected chi connectivity index (χ0v) is 18.5. The molecule has 0 spiro atoms. The van der Waals surface area contributed by atoms with Gasteiger partial charge in [0.25, 0.3) is 5.91 Å². The fourth-order valence-corrected chi connectivity index (χ4v) is 5.77. The summed E-state index contributed by atoms with van der Waals surface area (Å²) in [4.78, 5) is 39.2. The first kappa shape index (κ1) is 21.3. The van der Waals surface area contributed by atoms with Crippen LogP contribution in [0.15, 0.2) is 41.5 Å². The zero-order valence-electron chi connectivity index (χ0n) is 17.7. The lowest BCUT2D eigenvalue weighted by molar-refractivity contribution is -0.146. The second-order valence-corrected chi connectivity index (χ2v) is 9.50. The third-order valence-electron chi connectivity index (χ3n) is 6.34. The molecule has 2 aliphatic carbocycles. The molecule has 0 unspecified atom stereocenters. The highest BCUT2D eigenvalue weighted by atomic mass is 32.1. The average molecular weight is 439 g/mol. The Bertz CT molecular complexity index is 1070. The molecule has 1 heterocycles. The maximum Gasteiger partial charge on any atom is 0.307 e. The highest BCUT2D eigenvalue weighted by molar-refractivity contribution is 7.17. The number of hydrogen-bond donors (Lipinski definition) is 3. The first-order valence-electron chi connectivity index (χ1n) is 10.5. The minimum absolute atomic E-state index is 0.244. The van der Waals surface area contributed by atoms with Crippen molar-refractivity contribution in [3.05, 3.63) is 57.5 Å². The molecule has 6 nitrogen and oxygen atoms in total. The van der Waals surface area contributed by atoms with Gasteiger partial charge in [-0.2, -0.15) is 0 Å². The molecule has 162 valence electrons. The Labute approximate surface area is 185 Å². The van der Waals surface area contributed by atoms with Crippen LogP contribution in [0.1, 0.15) is 53.9 Å². The molecule has 1 aromatic carbocycles. The smallest absolute Gasteiger partial charge is 0.307 e. The van der Waals surface area contributed by atoms with E-state index in [4.69, 9.17) is 0 Å². The maximum atomic E-state index is 13.2. The Hall–Kier alpha value is -2.93. The van der Waals surface area contributed by atoms with Crippen LogP contribution in [0, 0.1) is 11.8 Å². The third-order valence-corrected chi connectivity index (χ3v) is 7.54. The van der Waals surface area contributed by atoms with Crippen molar-refractivity contribution in [2.45, 2.75) is 46.0 Å². The molecule has 3 N–H and O–H groups in total. The van der Waals surface area contributed by atoms with E-state index in [1.165, 1.54) is 11.3 Å². The predicted molar refractivity (Wildman–Crippen MR) is 122 cm³/mol. The van der Waals surface area contributed by atoms with Crippen molar-refractivity contribution in [2.75, 3.05) is 10.6 Å². The number of para-hydroxylation sites is 1. The van der Waals surface area contributed by atoms with Crippen molar-refractivity contribution >= 4 is 39.8 Å². The summed E-state index contributed by atoms with van der Waals surface area (Å²) >= 11 is 1.44. The van der Waals surface area contributed by atoms with Crippen LogP contribution < -0.4 is 10.6 Å². The summed E-state index contributed by atoms with van der Waals surface area (Å²) in [6, 6.07) is 9.22. The molecule has 2 atom stereocenters. The molecule has 0 aliphatic heterocycles. The highest BCUT2D eigenvalue weighted by Crippen LogP contribution is 2.41. The Morgan fingerprint density at radius 2 is 1.65 bits per heavy atom. The van der Waals surface area contributed by atoms with Crippen molar-refractivity contribution in [3.8, 4) is 0 Å². The fraction of sp³-hybridized carbons (Fsp3) is 0.375. The van der Waals surface area contributed by atoms with E-state index in [0.717, 1.165) is 40.8 Å².